The van der Waals surface area contributed by atoms with Gasteiger partial charge >= 0.3 is 5.97 Å². The van der Waals surface area contributed by atoms with E-state index in [4.69, 9.17) is 10.1 Å². The van der Waals surface area contributed by atoms with Crippen molar-refractivity contribution in [3.05, 3.63) is 35.9 Å². The molecular formula is C16H23NO2. The third-order valence-electron chi connectivity index (χ3n) is 2.63. The van der Waals surface area contributed by atoms with Crippen molar-refractivity contribution in [2.24, 2.45) is 0 Å². The van der Waals surface area contributed by atoms with Crippen LogP contribution in [0.25, 0.3) is 0 Å². The molecule has 19 heavy (non-hydrogen) atoms. The van der Waals surface area contributed by atoms with Crippen molar-refractivity contribution in [2.45, 2.75) is 52.1 Å². The first kappa shape index (κ1) is 15.4. The van der Waals surface area contributed by atoms with Crippen LogP contribution < -0.4 is 0 Å². The Hall–Kier alpha value is -1.64. The lowest BCUT2D eigenvalue weighted by Gasteiger charge is -2.19. The number of esters is 1. The summed E-state index contributed by atoms with van der Waals surface area (Å²) in [6, 6.07) is 10.2. The summed E-state index contributed by atoms with van der Waals surface area (Å²) in [5, 5.41) is 7.68. The van der Waals surface area contributed by atoms with Gasteiger partial charge in [0.2, 0.25) is 0 Å². The standard InChI is InChI=1S/C16H23NO2/c1-16(2,3)19-15(18)14(17)12-8-7-11-13-9-5-4-6-10-13/h4-6,9-10,17H,7-8,11-12H2,1-3H3. The van der Waals surface area contributed by atoms with Gasteiger partial charge in [-0.15, -0.1) is 0 Å². The molecule has 0 amide bonds. The van der Waals surface area contributed by atoms with E-state index in [9.17, 15) is 4.79 Å². The van der Waals surface area contributed by atoms with Crippen LogP contribution >= 0.6 is 0 Å². The van der Waals surface area contributed by atoms with Crippen molar-refractivity contribution in [2.75, 3.05) is 0 Å². The van der Waals surface area contributed by atoms with E-state index in [0.29, 0.717) is 6.42 Å². The van der Waals surface area contributed by atoms with E-state index in [1.807, 2.05) is 39.0 Å². The average molecular weight is 261 g/mol. The smallest absolute Gasteiger partial charge is 0.352 e. The van der Waals surface area contributed by atoms with Crippen LogP contribution in [0.5, 0.6) is 0 Å². The summed E-state index contributed by atoms with van der Waals surface area (Å²) in [5.74, 6) is -0.493. The summed E-state index contributed by atoms with van der Waals surface area (Å²) in [4.78, 5) is 11.6. The van der Waals surface area contributed by atoms with Gasteiger partial charge < -0.3 is 4.74 Å². The van der Waals surface area contributed by atoms with Crippen molar-refractivity contribution in [3.8, 4) is 0 Å². The van der Waals surface area contributed by atoms with Crippen LogP contribution in [-0.2, 0) is 16.0 Å². The van der Waals surface area contributed by atoms with Crippen molar-refractivity contribution < 1.29 is 9.53 Å². The van der Waals surface area contributed by atoms with Gasteiger partial charge in [0.25, 0.3) is 0 Å². The molecule has 1 aromatic rings. The maximum atomic E-state index is 11.6. The van der Waals surface area contributed by atoms with Crippen LogP contribution in [0.1, 0.15) is 45.6 Å². The summed E-state index contributed by atoms with van der Waals surface area (Å²) in [7, 11) is 0. The van der Waals surface area contributed by atoms with Gasteiger partial charge in [0.1, 0.15) is 11.3 Å². The lowest BCUT2D eigenvalue weighted by atomic mass is 10.1. The molecule has 3 heteroatoms. The van der Waals surface area contributed by atoms with Gasteiger partial charge in [0, 0.05) is 0 Å². The molecule has 0 aliphatic heterocycles. The van der Waals surface area contributed by atoms with E-state index < -0.39 is 11.6 Å². The quantitative estimate of drug-likeness (QED) is 0.481. The number of carbonyl (C=O) groups excluding carboxylic acids is 1. The van der Waals surface area contributed by atoms with E-state index in [1.165, 1.54) is 5.56 Å². The van der Waals surface area contributed by atoms with E-state index in [-0.39, 0.29) is 5.71 Å². The predicted octanol–water partition coefficient (Wildman–Crippen LogP) is 3.76. The first-order chi connectivity index (χ1) is 8.88. The summed E-state index contributed by atoms with van der Waals surface area (Å²) >= 11 is 0. The van der Waals surface area contributed by atoms with E-state index in [2.05, 4.69) is 12.1 Å². The third kappa shape index (κ3) is 6.75. The Balaban J connectivity index is 2.22. The molecule has 0 saturated carbocycles. The second-order valence-corrected chi connectivity index (χ2v) is 5.67. The first-order valence-electron chi connectivity index (χ1n) is 6.73. The van der Waals surface area contributed by atoms with Crippen LogP contribution in [-0.4, -0.2) is 17.3 Å². The highest BCUT2D eigenvalue weighted by molar-refractivity contribution is 6.35. The zero-order valence-electron chi connectivity index (χ0n) is 12.0. The zero-order valence-corrected chi connectivity index (χ0v) is 12.0. The summed E-state index contributed by atoms with van der Waals surface area (Å²) in [6.07, 6.45) is 3.30. The number of hydrogen-bond acceptors (Lipinski definition) is 3. The molecule has 3 nitrogen and oxygen atoms in total. The van der Waals surface area contributed by atoms with Crippen LogP contribution in [0.15, 0.2) is 30.3 Å². The van der Waals surface area contributed by atoms with Crippen molar-refractivity contribution in [1.82, 2.24) is 0 Å². The fourth-order valence-corrected chi connectivity index (χ4v) is 1.72. The van der Waals surface area contributed by atoms with E-state index in [1.54, 1.807) is 0 Å². The van der Waals surface area contributed by atoms with E-state index >= 15 is 0 Å². The minimum Gasteiger partial charge on any atom is -0.456 e. The van der Waals surface area contributed by atoms with Crippen LogP contribution in [0.3, 0.4) is 0 Å². The first-order valence-corrected chi connectivity index (χ1v) is 6.73. The van der Waals surface area contributed by atoms with Crippen molar-refractivity contribution in [1.29, 1.82) is 5.41 Å². The largest absolute Gasteiger partial charge is 0.456 e. The number of carbonyl (C=O) groups is 1. The molecule has 1 N–H and O–H groups in total. The molecule has 0 aliphatic carbocycles. The van der Waals surface area contributed by atoms with Gasteiger partial charge in [-0.1, -0.05) is 30.3 Å². The van der Waals surface area contributed by atoms with E-state index in [0.717, 1.165) is 19.3 Å². The fourth-order valence-electron chi connectivity index (χ4n) is 1.72. The minimum atomic E-state index is -0.520. The van der Waals surface area contributed by atoms with Crippen molar-refractivity contribution in [3.63, 3.8) is 0 Å². The maximum absolute atomic E-state index is 11.6. The van der Waals surface area contributed by atoms with Crippen molar-refractivity contribution >= 4 is 11.7 Å². The summed E-state index contributed by atoms with van der Waals surface area (Å²) in [5.41, 5.74) is 0.849. The molecule has 0 heterocycles. The predicted molar refractivity (Wildman–Crippen MR) is 77.6 cm³/mol. The second kappa shape index (κ2) is 7.07. The Bertz CT molecular complexity index is 418. The molecule has 104 valence electrons. The number of aryl methyl sites for hydroxylation is 1. The molecule has 1 aromatic carbocycles. The normalized spacial score (nSPS) is 11.1. The molecule has 0 bridgehead atoms. The Kier molecular flexibility index (Phi) is 5.74. The van der Waals surface area contributed by atoms with Gasteiger partial charge in [-0.3, -0.25) is 5.41 Å². The second-order valence-electron chi connectivity index (χ2n) is 5.67. The molecule has 0 radical (unpaired) electrons. The average Bonchev–Trinajstić information content (AvgIpc) is 2.33. The monoisotopic (exact) mass is 261 g/mol. The lowest BCUT2D eigenvalue weighted by molar-refractivity contribution is -0.146. The molecule has 0 aliphatic rings. The highest BCUT2D eigenvalue weighted by Gasteiger charge is 2.19. The Morgan fingerprint density at radius 2 is 1.79 bits per heavy atom. The molecule has 0 aromatic heterocycles. The Morgan fingerprint density at radius 3 is 2.37 bits per heavy atom. The van der Waals surface area contributed by atoms with Gasteiger partial charge in [0.05, 0.1) is 0 Å². The van der Waals surface area contributed by atoms with Gasteiger partial charge in [-0.05, 0) is 52.0 Å². The third-order valence-corrected chi connectivity index (χ3v) is 2.63. The molecule has 0 atom stereocenters. The number of benzene rings is 1. The molecule has 0 saturated heterocycles. The summed E-state index contributed by atoms with van der Waals surface area (Å²) < 4.78 is 5.15. The topological polar surface area (TPSA) is 50.2 Å². The Morgan fingerprint density at radius 1 is 1.16 bits per heavy atom. The highest BCUT2D eigenvalue weighted by atomic mass is 16.6. The van der Waals surface area contributed by atoms with Crippen LogP contribution in [0.4, 0.5) is 0 Å². The molecule has 1 rings (SSSR count). The van der Waals surface area contributed by atoms with Gasteiger partial charge in [0.15, 0.2) is 0 Å². The number of nitrogens with one attached hydrogen (secondary N) is 1. The zero-order chi connectivity index (χ0) is 14.3. The SMILES string of the molecule is CC(C)(C)OC(=O)C(=N)CCCCc1ccccc1. The fraction of sp³-hybridized carbons (Fsp3) is 0.500. The minimum absolute atomic E-state index is 0.0722. The van der Waals surface area contributed by atoms with Crippen LogP contribution in [0.2, 0.25) is 0 Å². The number of ether oxygens (including phenoxy) is 1. The maximum Gasteiger partial charge on any atom is 0.352 e. The van der Waals surface area contributed by atoms with Gasteiger partial charge in [-0.2, -0.15) is 0 Å². The van der Waals surface area contributed by atoms with Crippen LogP contribution in [0, 0.1) is 5.41 Å². The molecule has 0 fully saturated rings. The molecule has 0 unspecified atom stereocenters. The number of hydrogen-bond donors (Lipinski definition) is 1. The number of unbranched alkanes of at least 4 members (excludes halogenated alkanes) is 1. The highest BCUT2D eigenvalue weighted by Crippen LogP contribution is 2.10. The lowest BCUT2D eigenvalue weighted by Crippen LogP contribution is -2.28. The molecule has 0 spiro atoms. The summed E-state index contributed by atoms with van der Waals surface area (Å²) in [6.45, 7) is 5.44. The Labute approximate surface area is 115 Å². The number of rotatable bonds is 6. The molecular weight excluding hydrogens is 238 g/mol. The van der Waals surface area contributed by atoms with Gasteiger partial charge in [-0.25, -0.2) is 4.79 Å².